The summed E-state index contributed by atoms with van der Waals surface area (Å²) < 4.78 is 61.1. The van der Waals surface area contributed by atoms with Gasteiger partial charge in [0.2, 0.25) is 10.0 Å². The molecule has 12 aromatic rings. The zero-order valence-electron chi connectivity index (χ0n) is 71.9. The molecule has 4 amide bonds. The third-order valence-electron chi connectivity index (χ3n) is 22.7. The number of carbonyl (C=O) groups excluding carboxylic acids is 7. The van der Waals surface area contributed by atoms with Crippen molar-refractivity contribution < 1.29 is 60.6 Å². The number of rotatable bonds is 16. The van der Waals surface area contributed by atoms with E-state index in [9.17, 15) is 65.5 Å². The number of hydrogen-bond donors (Lipinski definition) is 1. The molecule has 0 aliphatic carbocycles. The Morgan fingerprint density at radius 3 is 1.09 bits per heavy atom. The highest BCUT2D eigenvalue weighted by Gasteiger charge is 2.36. The van der Waals surface area contributed by atoms with Crippen molar-refractivity contribution in [2.24, 2.45) is 28.2 Å². The van der Waals surface area contributed by atoms with Crippen LogP contribution in [-0.4, -0.2) is 219 Å². The predicted molar refractivity (Wildman–Crippen MR) is 526 cm³/mol. The third kappa shape index (κ3) is 22.1. The topological polar surface area (TPSA) is 307 Å². The van der Waals surface area contributed by atoms with Crippen LogP contribution in [0.2, 0.25) is 15.1 Å². The van der Waals surface area contributed by atoms with E-state index in [0.717, 1.165) is 49.9 Å². The number of carbonyl (C=O) groups is 7. The molecule has 0 atom stereocenters. The van der Waals surface area contributed by atoms with Gasteiger partial charge in [-0.15, -0.1) is 11.3 Å². The molecule has 35 heteroatoms. The van der Waals surface area contributed by atoms with Crippen molar-refractivity contribution in [3.8, 4) is 0 Å². The normalized spacial score (nSPS) is 13.7. The molecule has 4 aliphatic heterocycles. The summed E-state index contributed by atoms with van der Waals surface area (Å²) in [6, 6.07) is 48.9. The van der Waals surface area contributed by atoms with E-state index < -0.39 is 56.0 Å². The summed E-state index contributed by atoms with van der Waals surface area (Å²) in [4.78, 5) is 158. The van der Waals surface area contributed by atoms with Gasteiger partial charge in [0.05, 0.1) is 85.8 Å². The largest absolute Gasteiger partial charge is 0.462 e. The first-order valence-electron chi connectivity index (χ1n) is 41.5. The minimum absolute atomic E-state index is 0. The maximum absolute atomic E-state index is 13.2. The van der Waals surface area contributed by atoms with Gasteiger partial charge < -0.3 is 71.7 Å². The molecule has 7 aromatic carbocycles. The highest BCUT2D eigenvalue weighted by atomic mass is 35.5. The summed E-state index contributed by atoms with van der Waals surface area (Å²) in [6.45, 7) is 14.9. The molecule has 0 unspecified atom stereocenters. The molecule has 700 valence electrons. The van der Waals surface area contributed by atoms with Gasteiger partial charge in [-0.3, -0.25) is 43.1 Å². The SMILES string of the molecule is C.C.C.C.CCOC(=O)c1c(N2CCN(C(=O)c3ccc(Cl)c(Cl)c3)CC2)c2ccccc2n(C)c1=O.CCOC(=O)c1c(N2CCN(C(=O)c3ccc(Cl)cc3)CC2)c2ccccc2n(C)c1=O.CCOC(=O)c1c(N2CCN(C(=O)c3ccc(F)cc3)CC2)c2cc(C)ccc2n(C)c1=O.Cn1c(=O)c(NS(C)(=O)=O)c(N2CCN(C(=O)c3cccs3)CC2)c2ccccc21. The molecular formula is C97H111Cl3FN13O16S2. The van der Waals surface area contributed by atoms with E-state index in [1.54, 1.807) is 111 Å². The maximum Gasteiger partial charge on any atom is 0.345 e. The van der Waals surface area contributed by atoms with Crippen LogP contribution in [-0.2, 0) is 52.4 Å². The van der Waals surface area contributed by atoms with Crippen molar-refractivity contribution in [1.82, 2.24) is 37.9 Å². The van der Waals surface area contributed by atoms with E-state index in [2.05, 4.69) is 4.72 Å². The van der Waals surface area contributed by atoms with Gasteiger partial charge in [-0.2, -0.15) is 0 Å². The second kappa shape index (κ2) is 44.8. The lowest BCUT2D eigenvalue weighted by atomic mass is 10.0. The molecule has 0 spiro atoms. The van der Waals surface area contributed by atoms with Gasteiger partial charge in [0.1, 0.15) is 28.2 Å². The number of hydrogen-bond acceptors (Lipinski definition) is 21. The van der Waals surface area contributed by atoms with Gasteiger partial charge in [0, 0.05) is 176 Å². The maximum atomic E-state index is 13.2. The van der Waals surface area contributed by atoms with Gasteiger partial charge in [0.15, 0.2) is 0 Å². The lowest BCUT2D eigenvalue weighted by Crippen LogP contribution is -2.49. The fourth-order valence-corrected chi connectivity index (χ4v) is 18.0. The highest BCUT2D eigenvalue weighted by molar-refractivity contribution is 7.92. The van der Waals surface area contributed by atoms with Crippen LogP contribution in [0.3, 0.4) is 0 Å². The number of esters is 3. The number of ether oxygens (including phenoxy) is 3. The number of thiophene rings is 1. The fraction of sp³-hybridized carbons (Fsp3) is 0.330. The Labute approximate surface area is 785 Å². The summed E-state index contributed by atoms with van der Waals surface area (Å²) in [5, 5.41) is 6.33. The second-order valence-corrected chi connectivity index (χ2v) is 34.6. The first-order chi connectivity index (χ1) is 61.3. The second-order valence-electron chi connectivity index (χ2n) is 30.7. The van der Waals surface area contributed by atoms with E-state index in [4.69, 9.17) is 49.0 Å². The summed E-state index contributed by atoms with van der Waals surface area (Å²) >= 11 is 19.4. The van der Waals surface area contributed by atoms with Crippen LogP contribution in [0, 0.1) is 12.7 Å². The lowest BCUT2D eigenvalue weighted by Gasteiger charge is -2.37. The van der Waals surface area contributed by atoms with Crippen LogP contribution in [0.1, 0.15) is 128 Å². The van der Waals surface area contributed by atoms with Gasteiger partial charge in [-0.05, 0) is 136 Å². The number of aromatic nitrogens is 4. The Hall–Kier alpha value is -12.9. The molecule has 1 N–H and O–H groups in total. The van der Waals surface area contributed by atoms with Gasteiger partial charge in [0.25, 0.3) is 45.9 Å². The quantitative estimate of drug-likeness (QED) is 0.0694. The molecule has 132 heavy (non-hydrogen) atoms. The number of pyridine rings is 4. The molecule has 16 rings (SSSR count). The van der Waals surface area contributed by atoms with E-state index in [1.807, 2.05) is 135 Å². The summed E-state index contributed by atoms with van der Waals surface area (Å²) in [5.74, 6) is -2.72. The summed E-state index contributed by atoms with van der Waals surface area (Å²) in [6.07, 6.45) is 1.03. The number of piperazine rings is 4. The Balaban J connectivity index is 0.000000196. The molecule has 4 aliphatic rings. The van der Waals surface area contributed by atoms with Gasteiger partial charge in [-0.25, -0.2) is 27.2 Å². The zero-order valence-corrected chi connectivity index (χ0v) is 75.8. The van der Waals surface area contributed by atoms with Crippen molar-refractivity contribution in [1.29, 1.82) is 0 Å². The van der Waals surface area contributed by atoms with Crippen molar-refractivity contribution in [3.63, 3.8) is 0 Å². The lowest BCUT2D eigenvalue weighted by molar-refractivity contribution is 0.0514. The van der Waals surface area contributed by atoms with Crippen molar-refractivity contribution in [3.05, 3.63) is 281 Å². The number of fused-ring (bicyclic) bond motifs is 4. The fourth-order valence-electron chi connectivity index (χ4n) is 16.3. The molecule has 0 saturated carbocycles. The first-order valence-corrected chi connectivity index (χ1v) is 45.4. The molecule has 0 radical (unpaired) electrons. The number of sulfonamides is 1. The number of para-hydroxylation sites is 3. The van der Waals surface area contributed by atoms with Crippen LogP contribution < -0.4 is 46.6 Å². The van der Waals surface area contributed by atoms with Crippen LogP contribution in [0.25, 0.3) is 43.6 Å². The molecular weight excluding hydrogens is 1790 g/mol. The van der Waals surface area contributed by atoms with Crippen molar-refractivity contribution in [2.75, 3.05) is 155 Å². The van der Waals surface area contributed by atoms with Crippen LogP contribution in [0.4, 0.5) is 32.8 Å². The molecule has 4 saturated heterocycles. The Morgan fingerprint density at radius 1 is 0.386 bits per heavy atom. The molecule has 5 aromatic heterocycles. The number of aryl methyl sites for hydroxylation is 5. The molecule has 4 fully saturated rings. The van der Waals surface area contributed by atoms with Crippen LogP contribution in [0.15, 0.2) is 194 Å². The number of amides is 4. The first kappa shape index (κ1) is 103. The van der Waals surface area contributed by atoms with Crippen LogP contribution >= 0.6 is 46.1 Å². The van der Waals surface area contributed by atoms with E-state index in [-0.39, 0.29) is 95.5 Å². The molecule has 29 nitrogen and oxygen atoms in total. The standard InChI is InChI=1S/C25H26FN3O4.C24H23Cl2N3O4.C24H24ClN3O4.C20H22N4O4S2.4CH4/c1-4-33-25(32)21-22(19-15-16(2)5-10-20(19)27(3)24(21)31)28-11-13-29(14-12-28)23(30)17-6-8-18(26)9-7-17;1-3-33-24(32)20-21(16-6-4-5-7-19(16)27(2)23(20)31)28-10-12-29(13-11-28)22(30)15-8-9-17(25)18(26)14-15;1-3-32-24(31)20-21(18-6-4-5-7-19(18)26(2)23(20)30)27-12-14-28(15-13-27)22(29)16-8-10-17(25)11-9-16;1-22-15-7-4-3-6-14(15)18(17(20(22)26)21-30(2,27)28)23-9-11-24(12-10-23)19(25)16-8-5-13-29-16;;;;/h5-10,15H,4,11-14H2,1-3H3;4-9,14H,3,10-13H2,1-2H3;4-11H,3,12-15H2,1-2H3;3-8,13,21H,9-12H2,1-2H3;4*1H4. The van der Waals surface area contributed by atoms with Crippen LogP contribution in [0.5, 0.6) is 0 Å². The average molecular weight is 1900 g/mol. The van der Waals surface area contributed by atoms with E-state index in [0.29, 0.717) is 170 Å². The summed E-state index contributed by atoms with van der Waals surface area (Å²) in [7, 11) is 2.91. The number of nitrogens with zero attached hydrogens (tertiary/aromatic N) is 12. The van der Waals surface area contributed by atoms with E-state index in [1.165, 1.54) is 53.9 Å². The number of benzene rings is 7. The number of nitrogens with one attached hydrogen (secondary N) is 1. The molecule has 9 heterocycles. The smallest absolute Gasteiger partial charge is 0.345 e. The van der Waals surface area contributed by atoms with E-state index >= 15 is 0 Å². The zero-order chi connectivity index (χ0) is 91.7. The Morgan fingerprint density at radius 2 is 0.720 bits per heavy atom. The minimum atomic E-state index is -3.65. The number of anilines is 5. The van der Waals surface area contributed by atoms with Gasteiger partial charge >= 0.3 is 17.9 Å². The van der Waals surface area contributed by atoms with Gasteiger partial charge in [-0.1, -0.05) is 137 Å². The van der Waals surface area contributed by atoms with Crippen molar-refractivity contribution >= 4 is 170 Å². The predicted octanol–water partition coefficient (Wildman–Crippen LogP) is 14.9. The third-order valence-corrected chi connectivity index (χ3v) is 25.1. The minimum Gasteiger partial charge on any atom is -0.462 e. The Bertz CT molecular complexity index is 6660. The highest BCUT2D eigenvalue weighted by Crippen LogP contribution is 2.38. The molecule has 0 bridgehead atoms. The monoisotopic (exact) mass is 1900 g/mol. The Kier molecular flexibility index (Phi) is 34.9. The average Bonchev–Trinajstić information content (AvgIpc) is 0.799. The van der Waals surface area contributed by atoms with Crippen molar-refractivity contribution in [2.45, 2.75) is 57.4 Å². The summed E-state index contributed by atoms with van der Waals surface area (Å²) in [5.41, 5.74) is 6.06. The number of halogens is 4.